The molecule has 0 bridgehead atoms. The lowest BCUT2D eigenvalue weighted by Crippen LogP contribution is -2.32. The van der Waals surface area contributed by atoms with E-state index in [0.717, 1.165) is 17.1 Å². The molecule has 0 amide bonds. The number of hydrogen-bond acceptors (Lipinski definition) is 4. The quantitative estimate of drug-likeness (QED) is 0.413. The molecule has 164 valence electrons. The zero-order valence-electron chi connectivity index (χ0n) is 18.1. The van der Waals surface area contributed by atoms with Crippen LogP contribution in [0.5, 0.6) is 0 Å². The van der Waals surface area contributed by atoms with Gasteiger partial charge < -0.3 is 0 Å². The second kappa shape index (κ2) is 9.23. The molecule has 0 aliphatic carbocycles. The SMILES string of the molecule is CCN(c1ccccc1)S(=O)(=O)c1ccc(N(C)Cc2cnn(-c3ccccc3)c2)[nH+]c1. The van der Waals surface area contributed by atoms with Crippen molar-refractivity contribution in [1.29, 1.82) is 0 Å². The number of nitrogens with one attached hydrogen (secondary N) is 1. The van der Waals surface area contributed by atoms with Gasteiger partial charge in [0.2, 0.25) is 0 Å². The molecule has 2 aromatic carbocycles. The van der Waals surface area contributed by atoms with Crippen LogP contribution in [0, 0.1) is 0 Å². The fourth-order valence-electron chi connectivity index (χ4n) is 3.54. The summed E-state index contributed by atoms with van der Waals surface area (Å²) in [4.78, 5) is 5.36. The molecule has 4 aromatic rings. The minimum atomic E-state index is -3.66. The Kier molecular flexibility index (Phi) is 6.23. The van der Waals surface area contributed by atoms with Crippen LogP contribution in [0.15, 0.2) is 96.3 Å². The van der Waals surface area contributed by atoms with Crippen molar-refractivity contribution in [2.75, 3.05) is 22.8 Å². The number of pyridine rings is 1. The topological polar surface area (TPSA) is 72.6 Å². The molecule has 0 saturated carbocycles. The molecule has 0 atom stereocenters. The highest BCUT2D eigenvalue weighted by Gasteiger charge is 2.25. The molecule has 0 spiro atoms. The molecule has 0 fully saturated rings. The molecule has 0 radical (unpaired) electrons. The standard InChI is InChI=1S/C24H25N5O2S/c1-3-29(22-12-8-5-9-13-22)32(30,31)23-14-15-24(25-17-23)27(2)18-20-16-26-28(19-20)21-10-6-4-7-11-21/h4-17,19H,3,18H2,1-2H3/p+1. The molecule has 0 aliphatic heterocycles. The summed E-state index contributed by atoms with van der Waals surface area (Å²) in [6.45, 7) is 2.80. The summed E-state index contributed by atoms with van der Waals surface area (Å²) in [6.07, 6.45) is 5.37. The van der Waals surface area contributed by atoms with Crippen molar-refractivity contribution in [1.82, 2.24) is 9.78 Å². The fraction of sp³-hybridized carbons (Fsp3) is 0.167. The van der Waals surface area contributed by atoms with E-state index in [2.05, 4.69) is 10.1 Å². The van der Waals surface area contributed by atoms with Crippen molar-refractivity contribution in [2.24, 2.45) is 0 Å². The number of sulfonamides is 1. The second-order valence-corrected chi connectivity index (χ2v) is 9.26. The molecule has 0 unspecified atom stereocenters. The Hall–Kier alpha value is -3.65. The molecule has 7 nitrogen and oxygen atoms in total. The Balaban J connectivity index is 1.49. The van der Waals surface area contributed by atoms with E-state index in [4.69, 9.17) is 0 Å². The normalized spacial score (nSPS) is 11.3. The first-order chi connectivity index (χ1) is 15.5. The molecule has 0 aliphatic rings. The maximum absolute atomic E-state index is 13.2. The number of rotatable bonds is 8. The van der Waals surface area contributed by atoms with Gasteiger partial charge in [-0.25, -0.2) is 18.1 Å². The molecule has 4 rings (SSSR count). The van der Waals surface area contributed by atoms with Gasteiger partial charge in [0.15, 0.2) is 0 Å². The van der Waals surface area contributed by atoms with E-state index in [1.54, 1.807) is 30.5 Å². The Morgan fingerprint density at radius 3 is 2.28 bits per heavy atom. The smallest absolute Gasteiger partial charge is 0.267 e. The summed E-state index contributed by atoms with van der Waals surface area (Å²) in [5, 5.41) is 4.43. The third kappa shape index (κ3) is 4.50. The number of para-hydroxylation sites is 2. The van der Waals surface area contributed by atoms with Crippen LogP contribution in [-0.4, -0.2) is 31.8 Å². The van der Waals surface area contributed by atoms with Crippen LogP contribution in [0.4, 0.5) is 11.5 Å². The predicted octanol–water partition coefficient (Wildman–Crippen LogP) is 3.54. The summed E-state index contributed by atoms with van der Waals surface area (Å²) in [5.41, 5.74) is 2.69. The van der Waals surface area contributed by atoms with Crippen molar-refractivity contribution in [3.8, 4) is 5.69 Å². The van der Waals surface area contributed by atoms with Gasteiger partial charge in [-0.15, -0.1) is 0 Å². The average Bonchev–Trinajstić information content (AvgIpc) is 3.29. The van der Waals surface area contributed by atoms with Crippen molar-refractivity contribution in [3.63, 3.8) is 0 Å². The highest BCUT2D eigenvalue weighted by atomic mass is 32.2. The minimum Gasteiger partial charge on any atom is -0.267 e. The van der Waals surface area contributed by atoms with Crippen molar-refractivity contribution in [3.05, 3.63) is 97.0 Å². The second-order valence-electron chi connectivity index (χ2n) is 7.40. The molecule has 2 aromatic heterocycles. The van der Waals surface area contributed by atoms with Crippen LogP contribution in [0.25, 0.3) is 5.69 Å². The molecular weight excluding hydrogens is 422 g/mol. The largest absolute Gasteiger partial charge is 0.274 e. The van der Waals surface area contributed by atoms with Crippen LogP contribution < -0.4 is 14.2 Å². The van der Waals surface area contributed by atoms with Crippen molar-refractivity contribution >= 4 is 21.5 Å². The zero-order chi connectivity index (χ0) is 22.6. The van der Waals surface area contributed by atoms with Crippen molar-refractivity contribution < 1.29 is 13.4 Å². The molecule has 1 N–H and O–H groups in total. The summed E-state index contributed by atoms with van der Waals surface area (Å²) < 4.78 is 29.5. The Labute approximate surface area is 188 Å². The van der Waals surface area contributed by atoms with E-state index in [0.29, 0.717) is 18.8 Å². The van der Waals surface area contributed by atoms with Gasteiger partial charge in [-0.05, 0) is 37.3 Å². The molecule has 2 heterocycles. The van der Waals surface area contributed by atoms with Crippen LogP contribution in [-0.2, 0) is 16.6 Å². The van der Waals surface area contributed by atoms with Gasteiger partial charge in [-0.3, -0.25) is 9.21 Å². The van der Waals surface area contributed by atoms with Crippen molar-refractivity contribution in [2.45, 2.75) is 18.4 Å². The molecular formula is C24H26N5O2S+. The van der Waals surface area contributed by atoms with Gasteiger partial charge in [-0.1, -0.05) is 36.4 Å². The lowest BCUT2D eigenvalue weighted by molar-refractivity contribution is -0.367. The van der Waals surface area contributed by atoms with Gasteiger partial charge in [0.25, 0.3) is 15.8 Å². The van der Waals surface area contributed by atoms with E-state index >= 15 is 0 Å². The van der Waals surface area contributed by atoms with Crippen LogP contribution in [0.1, 0.15) is 12.5 Å². The van der Waals surface area contributed by atoms with E-state index in [1.165, 1.54) is 4.31 Å². The van der Waals surface area contributed by atoms with Crippen LogP contribution in [0.3, 0.4) is 0 Å². The van der Waals surface area contributed by atoms with Gasteiger partial charge in [0, 0.05) is 24.4 Å². The number of aromatic nitrogens is 3. The van der Waals surface area contributed by atoms with Gasteiger partial charge in [0.05, 0.1) is 24.6 Å². The number of anilines is 2. The first-order valence-electron chi connectivity index (χ1n) is 10.4. The molecule has 0 saturated heterocycles. The number of nitrogens with zero attached hydrogens (tertiary/aromatic N) is 4. The van der Waals surface area contributed by atoms with Gasteiger partial charge in [-0.2, -0.15) is 5.10 Å². The monoisotopic (exact) mass is 448 g/mol. The third-order valence-corrected chi connectivity index (χ3v) is 7.07. The lowest BCUT2D eigenvalue weighted by atomic mass is 10.3. The van der Waals surface area contributed by atoms with Gasteiger partial charge >= 0.3 is 0 Å². The summed E-state index contributed by atoms with van der Waals surface area (Å²) in [7, 11) is -1.72. The average molecular weight is 449 g/mol. The number of aromatic amines is 1. The number of hydrogen-bond donors (Lipinski definition) is 0. The summed E-state index contributed by atoms with van der Waals surface area (Å²) >= 11 is 0. The predicted molar refractivity (Wildman–Crippen MR) is 125 cm³/mol. The van der Waals surface area contributed by atoms with E-state index in [1.807, 2.05) is 84.5 Å². The Bertz CT molecular complexity index is 1260. The minimum absolute atomic E-state index is 0.220. The van der Waals surface area contributed by atoms with E-state index < -0.39 is 10.0 Å². The molecule has 32 heavy (non-hydrogen) atoms. The maximum Gasteiger partial charge on any atom is 0.274 e. The Morgan fingerprint density at radius 2 is 1.66 bits per heavy atom. The maximum atomic E-state index is 13.2. The number of H-pyrrole nitrogens is 1. The lowest BCUT2D eigenvalue weighted by Gasteiger charge is -2.22. The zero-order valence-corrected chi connectivity index (χ0v) is 18.9. The summed E-state index contributed by atoms with van der Waals surface area (Å²) in [5.74, 6) is 0.805. The van der Waals surface area contributed by atoms with E-state index in [-0.39, 0.29) is 4.90 Å². The van der Waals surface area contributed by atoms with E-state index in [9.17, 15) is 8.42 Å². The first-order valence-corrected chi connectivity index (χ1v) is 11.8. The molecule has 8 heteroatoms. The summed E-state index contributed by atoms with van der Waals surface area (Å²) in [6, 6.07) is 22.5. The Morgan fingerprint density at radius 1 is 0.969 bits per heavy atom. The number of benzene rings is 2. The highest BCUT2D eigenvalue weighted by Crippen LogP contribution is 2.23. The van der Waals surface area contributed by atoms with Crippen LogP contribution in [0.2, 0.25) is 0 Å². The van der Waals surface area contributed by atoms with Gasteiger partial charge in [0.1, 0.15) is 17.6 Å². The first kappa shape index (κ1) is 21.6. The third-order valence-electron chi connectivity index (χ3n) is 5.17. The fourth-order valence-corrected chi connectivity index (χ4v) is 4.98. The highest BCUT2D eigenvalue weighted by molar-refractivity contribution is 7.92. The van der Waals surface area contributed by atoms with Crippen LogP contribution >= 0.6 is 0 Å².